The summed E-state index contributed by atoms with van der Waals surface area (Å²) in [5.74, 6) is 1.77. The van der Waals surface area contributed by atoms with E-state index in [-0.39, 0.29) is 34.5 Å². The molecular weight excluding hydrogens is 326 g/mol. The summed E-state index contributed by atoms with van der Waals surface area (Å²) in [5, 5.41) is 22.4. The van der Waals surface area contributed by atoms with Crippen molar-refractivity contribution in [2.75, 3.05) is 6.54 Å². The van der Waals surface area contributed by atoms with Crippen molar-refractivity contribution < 1.29 is 14.9 Å². The van der Waals surface area contributed by atoms with Gasteiger partial charge in [-0.05, 0) is 62.0 Å². The molecule has 5 aliphatic carbocycles. The summed E-state index contributed by atoms with van der Waals surface area (Å²) >= 11 is 0. The van der Waals surface area contributed by atoms with Crippen LogP contribution in [0.15, 0.2) is 12.2 Å². The van der Waals surface area contributed by atoms with Gasteiger partial charge in [-0.15, -0.1) is 0 Å². The molecule has 4 nitrogen and oxygen atoms in total. The summed E-state index contributed by atoms with van der Waals surface area (Å²) in [6.45, 7) is 10.1. The Morgan fingerprint density at radius 3 is 2.85 bits per heavy atom. The zero-order chi connectivity index (χ0) is 17.8. The van der Waals surface area contributed by atoms with Crippen molar-refractivity contribution in [3.63, 3.8) is 0 Å². The SMILES string of the molecule is C=C1[C@H]2C[C@]3([C@@H]1O)[C@@H](C[C@@H]2O)[C@@]12[C@@H]4[C@@H]3C[C@@H]1[C@]1(C)CC[C@H]2O[C@@H]1N4CC. The molecule has 4 heteroatoms. The number of ether oxygens (including phenoxy) is 1. The highest BCUT2D eigenvalue weighted by Gasteiger charge is 2.88. The van der Waals surface area contributed by atoms with Gasteiger partial charge >= 0.3 is 0 Å². The lowest BCUT2D eigenvalue weighted by Crippen LogP contribution is -2.78. The van der Waals surface area contributed by atoms with Gasteiger partial charge in [0.15, 0.2) is 0 Å². The van der Waals surface area contributed by atoms with Gasteiger partial charge in [0.05, 0.1) is 18.3 Å². The van der Waals surface area contributed by atoms with Gasteiger partial charge in [0.2, 0.25) is 0 Å². The monoisotopic (exact) mass is 357 g/mol. The molecular formula is C22H31NO3. The van der Waals surface area contributed by atoms with Crippen molar-refractivity contribution >= 4 is 0 Å². The molecule has 9 aliphatic rings. The average molecular weight is 357 g/mol. The Morgan fingerprint density at radius 1 is 1.27 bits per heavy atom. The van der Waals surface area contributed by atoms with E-state index in [4.69, 9.17) is 4.74 Å². The third-order valence-corrected chi connectivity index (χ3v) is 11.0. The van der Waals surface area contributed by atoms with Crippen molar-refractivity contribution in [3.8, 4) is 0 Å². The minimum atomic E-state index is -0.426. The normalized spacial score (nSPS) is 69.5. The lowest BCUT2D eigenvalue weighted by Gasteiger charge is -2.73. The number of fused-ring (bicyclic) bond motifs is 2. The molecule has 0 amide bonds. The number of hydrogen-bond donors (Lipinski definition) is 2. The average Bonchev–Trinajstić information content (AvgIpc) is 3.17. The lowest BCUT2D eigenvalue weighted by molar-refractivity contribution is -0.372. The standard InChI is InChI=1S/C22H31NO3/c1-4-23-17-12-7-14-20(3)6-5-16(26-19(20)23)22(14,17)15-8-13(24)11-9-21(12,15)18(25)10(11)2/h11-19,24-25H,2,4-9H2,1,3H3/t11-,12+,13+,14-,15-,16-,17+,18-,19+,20+,21-,22+/m1/s1. The van der Waals surface area contributed by atoms with Crippen LogP contribution < -0.4 is 0 Å². The Balaban J connectivity index is 1.51. The molecule has 4 heterocycles. The van der Waals surface area contributed by atoms with Gasteiger partial charge in [0, 0.05) is 28.2 Å². The summed E-state index contributed by atoms with van der Waals surface area (Å²) in [4.78, 5) is 2.69. The van der Waals surface area contributed by atoms with Crippen molar-refractivity contribution in [1.82, 2.24) is 4.90 Å². The van der Waals surface area contributed by atoms with E-state index in [1.165, 1.54) is 19.3 Å². The zero-order valence-electron chi connectivity index (χ0n) is 15.9. The van der Waals surface area contributed by atoms with Crippen LogP contribution in [0.5, 0.6) is 0 Å². The van der Waals surface area contributed by atoms with Gasteiger partial charge in [-0.25, -0.2) is 0 Å². The van der Waals surface area contributed by atoms with E-state index in [1.807, 2.05) is 0 Å². The third kappa shape index (κ3) is 1.14. The van der Waals surface area contributed by atoms with E-state index in [0.717, 1.165) is 25.0 Å². The third-order valence-electron chi connectivity index (χ3n) is 11.0. The fourth-order valence-electron chi connectivity index (χ4n) is 10.5. The summed E-state index contributed by atoms with van der Waals surface area (Å²) in [6.07, 6.45) is 5.38. The smallest absolute Gasteiger partial charge is 0.116 e. The second kappa shape index (κ2) is 4.12. The second-order valence-electron chi connectivity index (χ2n) is 10.9. The Kier molecular flexibility index (Phi) is 2.46. The molecule has 0 unspecified atom stereocenters. The molecule has 26 heavy (non-hydrogen) atoms. The summed E-state index contributed by atoms with van der Waals surface area (Å²) < 4.78 is 6.78. The summed E-state index contributed by atoms with van der Waals surface area (Å²) in [7, 11) is 0. The topological polar surface area (TPSA) is 52.9 Å². The second-order valence-corrected chi connectivity index (χ2v) is 10.9. The van der Waals surface area contributed by atoms with E-state index in [0.29, 0.717) is 29.9 Å². The highest BCUT2D eigenvalue weighted by Crippen LogP contribution is 2.86. The van der Waals surface area contributed by atoms with E-state index < -0.39 is 6.10 Å². The number of aliphatic hydroxyl groups excluding tert-OH is 2. The number of rotatable bonds is 1. The van der Waals surface area contributed by atoms with Crippen LogP contribution in [0.2, 0.25) is 0 Å². The summed E-state index contributed by atoms with van der Waals surface area (Å²) in [5.41, 5.74) is 1.28. The fourth-order valence-corrected chi connectivity index (χ4v) is 10.5. The van der Waals surface area contributed by atoms with E-state index >= 15 is 0 Å². The quantitative estimate of drug-likeness (QED) is 0.706. The van der Waals surface area contributed by atoms with E-state index in [2.05, 4.69) is 25.3 Å². The van der Waals surface area contributed by atoms with E-state index in [9.17, 15) is 10.2 Å². The van der Waals surface area contributed by atoms with Crippen LogP contribution in [0.1, 0.15) is 46.0 Å². The Hall–Kier alpha value is -0.420. The number of piperidine rings is 1. The molecule has 2 N–H and O–H groups in total. The first kappa shape index (κ1) is 15.5. The maximum atomic E-state index is 11.4. The van der Waals surface area contributed by atoms with Gasteiger partial charge in [-0.2, -0.15) is 0 Å². The molecule has 2 spiro atoms. The van der Waals surface area contributed by atoms with Crippen LogP contribution in [0.25, 0.3) is 0 Å². The molecule has 142 valence electrons. The highest BCUT2D eigenvalue weighted by atomic mass is 16.5. The van der Waals surface area contributed by atoms with E-state index in [1.54, 1.807) is 0 Å². The molecule has 0 aromatic rings. The van der Waals surface area contributed by atoms with Gasteiger partial charge in [0.25, 0.3) is 0 Å². The van der Waals surface area contributed by atoms with Crippen molar-refractivity contribution in [2.24, 2.45) is 39.9 Å². The molecule has 0 aromatic carbocycles. The van der Waals surface area contributed by atoms with Gasteiger partial charge < -0.3 is 14.9 Å². The first-order chi connectivity index (χ1) is 12.4. The van der Waals surface area contributed by atoms with Crippen molar-refractivity contribution in [2.45, 2.75) is 76.5 Å². The largest absolute Gasteiger partial charge is 0.392 e. The van der Waals surface area contributed by atoms with Gasteiger partial charge in [0.1, 0.15) is 6.23 Å². The maximum absolute atomic E-state index is 11.4. The molecule has 4 aliphatic heterocycles. The van der Waals surface area contributed by atoms with Crippen LogP contribution in [-0.2, 0) is 4.74 Å². The van der Waals surface area contributed by atoms with Crippen LogP contribution in [0.4, 0.5) is 0 Å². The van der Waals surface area contributed by atoms with Crippen molar-refractivity contribution in [1.29, 1.82) is 0 Å². The highest BCUT2D eigenvalue weighted by molar-refractivity contribution is 5.40. The fraction of sp³-hybridized carbons (Fsp3) is 0.909. The number of hydrogen-bond acceptors (Lipinski definition) is 4. The first-order valence-corrected chi connectivity index (χ1v) is 10.9. The maximum Gasteiger partial charge on any atom is 0.116 e. The number of nitrogens with zero attached hydrogens (tertiary/aromatic N) is 1. The van der Waals surface area contributed by atoms with Crippen LogP contribution in [0.3, 0.4) is 0 Å². The molecule has 5 saturated carbocycles. The van der Waals surface area contributed by atoms with Crippen LogP contribution in [0, 0.1) is 39.9 Å². The van der Waals surface area contributed by atoms with Crippen LogP contribution >= 0.6 is 0 Å². The molecule has 9 bridgehead atoms. The molecule has 4 saturated heterocycles. The molecule has 9 rings (SSSR count). The lowest BCUT2D eigenvalue weighted by atomic mass is 9.41. The van der Waals surface area contributed by atoms with Crippen LogP contribution in [-0.4, -0.2) is 52.2 Å². The minimum Gasteiger partial charge on any atom is -0.392 e. The Morgan fingerprint density at radius 2 is 2.08 bits per heavy atom. The molecule has 0 radical (unpaired) electrons. The predicted molar refractivity (Wildman–Crippen MR) is 96.0 cm³/mol. The molecule has 12 atom stereocenters. The first-order valence-electron chi connectivity index (χ1n) is 10.9. The van der Waals surface area contributed by atoms with Crippen molar-refractivity contribution in [3.05, 3.63) is 12.2 Å². The molecule has 9 fully saturated rings. The molecule has 0 aromatic heterocycles. The Labute approximate surface area is 155 Å². The number of aliphatic hydroxyl groups is 2. The predicted octanol–water partition coefficient (Wildman–Crippen LogP) is 2.16. The van der Waals surface area contributed by atoms with Gasteiger partial charge in [-0.3, -0.25) is 4.90 Å². The van der Waals surface area contributed by atoms with Gasteiger partial charge in [-0.1, -0.05) is 20.4 Å². The Bertz CT molecular complexity index is 739. The summed E-state index contributed by atoms with van der Waals surface area (Å²) in [6, 6.07) is 0.547. The zero-order valence-corrected chi connectivity index (χ0v) is 15.9. The minimum absolute atomic E-state index is 0.0470.